The molecule has 0 unspecified atom stereocenters. The fraction of sp³-hybridized carbons (Fsp3) is 0.273. The van der Waals surface area contributed by atoms with E-state index in [2.05, 4.69) is 15.4 Å². The van der Waals surface area contributed by atoms with Crippen LogP contribution in [0.25, 0.3) is 0 Å². The maximum Gasteiger partial charge on any atom is 0.220 e. The van der Waals surface area contributed by atoms with Gasteiger partial charge in [-0.2, -0.15) is 10.1 Å². The SMILES string of the molecule is CNc1nc(COc2ccccc2)nn1C. The number of ether oxygens (including phenoxy) is 1. The van der Waals surface area contributed by atoms with E-state index in [1.54, 1.807) is 4.68 Å². The highest BCUT2D eigenvalue weighted by Gasteiger charge is 2.05. The number of para-hydroxylation sites is 1. The van der Waals surface area contributed by atoms with Crippen LogP contribution in [0.1, 0.15) is 5.82 Å². The molecule has 5 nitrogen and oxygen atoms in total. The molecule has 0 aliphatic rings. The highest BCUT2D eigenvalue weighted by molar-refractivity contribution is 5.24. The minimum atomic E-state index is 0.375. The van der Waals surface area contributed by atoms with Gasteiger partial charge in [0.25, 0.3) is 0 Å². The maximum atomic E-state index is 5.54. The molecule has 1 aromatic heterocycles. The van der Waals surface area contributed by atoms with Crippen molar-refractivity contribution in [3.8, 4) is 5.75 Å². The van der Waals surface area contributed by atoms with E-state index in [0.29, 0.717) is 12.4 Å². The minimum absolute atomic E-state index is 0.375. The Hall–Kier alpha value is -2.04. The van der Waals surface area contributed by atoms with Crippen LogP contribution in [0.2, 0.25) is 0 Å². The zero-order chi connectivity index (χ0) is 11.4. The lowest BCUT2D eigenvalue weighted by Crippen LogP contribution is -1.99. The average Bonchev–Trinajstić information content (AvgIpc) is 2.69. The Balaban J connectivity index is 2.00. The van der Waals surface area contributed by atoms with E-state index in [1.807, 2.05) is 44.4 Å². The van der Waals surface area contributed by atoms with E-state index >= 15 is 0 Å². The molecule has 1 aromatic carbocycles. The highest BCUT2D eigenvalue weighted by atomic mass is 16.5. The fourth-order valence-electron chi connectivity index (χ4n) is 1.38. The third-order valence-electron chi connectivity index (χ3n) is 2.14. The molecular weight excluding hydrogens is 204 g/mol. The summed E-state index contributed by atoms with van der Waals surface area (Å²) in [7, 11) is 3.65. The molecule has 0 spiro atoms. The molecule has 1 heterocycles. The topological polar surface area (TPSA) is 52.0 Å². The summed E-state index contributed by atoms with van der Waals surface area (Å²) in [6, 6.07) is 9.62. The number of nitrogens with zero attached hydrogens (tertiary/aromatic N) is 3. The third kappa shape index (κ3) is 2.31. The minimum Gasteiger partial charge on any atom is -0.486 e. The number of rotatable bonds is 4. The number of benzene rings is 1. The number of hydrogen-bond donors (Lipinski definition) is 1. The van der Waals surface area contributed by atoms with Gasteiger partial charge >= 0.3 is 0 Å². The molecule has 0 saturated heterocycles. The van der Waals surface area contributed by atoms with Gasteiger partial charge in [-0.3, -0.25) is 0 Å². The normalized spacial score (nSPS) is 10.1. The predicted molar refractivity (Wildman–Crippen MR) is 61.3 cm³/mol. The number of anilines is 1. The largest absolute Gasteiger partial charge is 0.486 e. The van der Waals surface area contributed by atoms with Gasteiger partial charge in [-0.1, -0.05) is 18.2 Å². The Morgan fingerprint density at radius 1 is 1.31 bits per heavy atom. The van der Waals surface area contributed by atoms with Crippen molar-refractivity contribution in [2.75, 3.05) is 12.4 Å². The van der Waals surface area contributed by atoms with Gasteiger partial charge in [-0.25, -0.2) is 4.68 Å². The first-order valence-corrected chi connectivity index (χ1v) is 5.05. The standard InChI is InChI=1S/C11H14N4O/c1-12-11-13-10(14-15(11)2)8-16-9-6-4-3-5-7-9/h3-7H,8H2,1-2H3,(H,12,13,14). The second kappa shape index (κ2) is 4.65. The Morgan fingerprint density at radius 2 is 2.06 bits per heavy atom. The molecule has 2 rings (SSSR count). The van der Waals surface area contributed by atoms with Crippen LogP contribution >= 0.6 is 0 Å². The lowest BCUT2D eigenvalue weighted by Gasteiger charge is -2.01. The molecule has 0 amide bonds. The quantitative estimate of drug-likeness (QED) is 0.843. The van der Waals surface area contributed by atoms with Crippen molar-refractivity contribution in [1.82, 2.24) is 14.8 Å². The first-order valence-electron chi connectivity index (χ1n) is 5.05. The molecular formula is C11H14N4O. The second-order valence-electron chi connectivity index (χ2n) is 3.33. The molecule has 0 radical (unpaired) electrons. The Morgan fingerprint density at radius 3 is 2.69 bits per heavy atom. The Labute approximate surface area is 94.1 Å². The summed E-state index contributed by atoms with van der Waals surface area (Å²) >= 11 is 0. The van der Waals surface area contributed by atoms with Crippen LogP contribution in [0, 0.1) is 0 Å². The molecule has 0 saturated carbocycles. The van der Waals surface area contributed by atoms with Crippen molar-refractivity contribution in [2.24, 2.45) is 7.05 Å². The molecule has 2 aromatic rings. The summed E-state index contributed by atoms with van der Waals surface area (Å²) in [4.78, 5) is 4.26. The van der Waals surface area contributed by atoms with Gasteiger partial charge in [0, 0.05) is 14.1 Å². The lowest BCUT2D eigenvalue weighted by molar-refractivity contribution is 0.295. The molecule has 0 aliphatic carbocycles. The second-order valence-corrected chi connectivity index (χ2v) is 3.33. The van der Waals surface area contributed by atoms with Gasteiger partial charge in [0.05, 0.1) is 0 Å². The highest BCUT2D eigenvalue weighted by Crippen LogP contribution is 2.10. The zero-order valence-corrected chi connectivity index (χ0v) is 9.34. The van der Waals surface area contributed by atoms with Crippen LogP contribution in [0.15, 0.2) is 30.3 Å². The molecule has 0 bridgehead atoms. The summed E-state index contributed by atoms with van der Waals surface area (Å²) in [5.41, 5.74) is 0. The van der Waals surface area contributed by atoms with Crippen molar-refractivity contribution >= 4 is 5.95 Å². The molecule has 0 aliphatic heterocycles. The summed E-state index contributed by atoms with van der Waals surface area (Å²) in [5, 5.41) is 7.16. The van der Waals surface area contributed by atoms with E-state index in [0.717, 1.165) is 11.7 Å². The first kappa shape index (κ1) is 10.5. The van der Waals surface area contributed by atoms with Crippen LogP contribution < -0.4 is 10.1 Å². The van der Waals surface area contributed by atoms with Crippen LogP contribution in [-0.2, 0) is 13.7 Å². The van der Waals surface area contributed by atoms with Crippen molar-refractivity contribution in [2.45, 2.75) is 6.61 Å². The van der Waals surface area contributed by atoms with E-state index in [-0.39, 0.29) is 0 Å². The average molecular weight is 218 g/mol. The van der Waals surface area contributed by atoms with Gasteiger partial charge in [0.15, 0.2) is 5.82 Å². The zero-order valence-electron chi connectivity index (χ0n) is 9.34. The van der Waals surface area contributed by atoms with Gasteiger partial charge in [0.2, 0.25) is 5.95 Å². The molecule has 0 fully saturated rings. The van der Waals surface area contributed by atoms with Crippen molar-refractivity contribution in [1.29, 1.82) is 0 Å². The van der Waals surface area contributed by atoms with E-state index in [1.165, 1.54) is 0 Å². The molecule has 0 atom stereocenters. The number of hydrogen-bond acceptors (Lipinski definition) is 4. The number of nitrogens with one attached hydrogen (secondary N) is 1. The third-order valence-corrected chi connectivity index (χ3v) is 2.14. The van der Waals surface area contributed by atoms with Crippen molar-refractivity contribution < 1.29 is 4.74 Å². The monoisotopic (exact) mass is 218 g/mol. The van der Waals surface area contributed by atoms with Crippen LogP contribution in [0.5, 0.6) is 5.75 Å². The van der Waals surface area contributed by atoms with Gasteiger partial charge in [0.1, 0.15) is 12.4 Å². The van der Waals surface area contributed by atoms with Crippen LogP contribution in [0.4, 0.5) is 5.95 Å². The molecule has 5 heteroatoms. The summed E-state index contributed by atoms with van der Waals surface area (Å²) in [5.74, 6) is 2.21. The summed E-state index contributed by atoms with van der Waals surface area (Å²) < 4.78 is 7.22. The van der Waals surface area contributed by atoms with Gasteiger partial charge < -0.3 is 10.1 Å². The predicted octanol–water partition coefficient (Wildman–Crippen LogP) is 1.44. The number of aryl methyl sites for hydroxylation is 1. The summed E-state index contributed by atoms with van der Waals surface area (Å²) in [6.07, 6.45) is 0. The Bertz CT molecular complexity index is 452. The fourth-order valence-corrected chi connectivity index (χ4v) is 1.38. The Kier molecular flexibility index (Phi) is 3.05. The van der Waals surface area contributed by atoms with Crippen molar-refractivity contribution in [3.05, 3.63) is 36.2 Å². The van der Waals surface area contributed by atoms with E-state index < -0.39 is 0 Å². The summed E-state index contributed by atoms with van der Waals surface area (Å²) in [6.45, 7) is 0.375. The van der Waals surface area contributed by atoms with Gasteiger partial charge in [-0.05, 0) is 12.1 Å². The van der Waals surface area contributed by atoms with E-state index in [4.69, 9.17) is 4.74 Å². The van der Waals surface area contributed by atoms with E-state index in [9.17, 15) is 0 Å². The molecule has 1 N–H and O–H groups in total. The first-order chi connectivity index (χ1) is 7.79. The van der Waals surface area contributed by atoms with Crippen molar-refractivity contribution in [3.63, 3.8) is 0 Å². The smallest absolute Gasteiger partial charge is 0.220 e. The van der Waals surface area contributed by atoms with Gasteiger partial charge in [-0.15, -0.1) is 0 Å². The number of aromatic nitrogens is 3. The lowest BCUT2D eigenvalue weighted by atomic mass is 10.3. The molecule has 16 heavy (non-hydrogen) atoms. The van der Waals surface area contributed by atoms with Crippen LogP contribution in [0.3, 0.4) is 0 Å². The molecule has 84 valence electrons. The maximum absolute atomic E-state index is 5.54. The van der Waals surface area contributed by atoms with Crippen LogP contribution in [-0.4, -0.2) is 21.8 Å².